The number of aromatic amines is 1. The van der Waals surface area contributed by atoms with Crippen molar-refractivity contribution in [2.45, 2.75) is 19.8 Å². The number of H-pyrrole nitrogens is 1. The topological polar surface area (TPSA) is 62.0 Å². The summed E-state index contributed by atoms with van der Waals surface area (Å²) in [5.41, 5.74) is 2.69. The minimum atomic E-state index is -0.228. The first-order chi connectivity index (χ1) is 11.4. The number of halogens is 1. The smallest absolute Gasteiger partial charge is 0.255 e. The molecule has 4 nitrogen and oxygen atoms in total. The molecule has 0 aliphatic carbocycles. The summed E-state index contributed by atoms with van der Waals surface area (Å²) in [6.45, 7) is 4.09. The van der Waals surface area contributed by atoms with E-state index >= 15 is 0 Å². The van der Waals surface area contributed by atoms with Crippen molar-refractivity contribution in [3.05, 3.63) is 75.0 Å². The lowest BCUT2D eigenvalue weighted by Crippen LogP contribution is -2.12. The summed E-state index contributed by atoms with van der Waals surface area (Å²) < 4.78 is 0. The number of carbonyl (C=O) groups is 1. The molecule has 2 N–H and O–H groups in total. The van der Waals surface area contributed by atoms with Crippen molar-refractivity contribution < 1.29 is 4.79 Å². The Morgan fingerprint density at radius 2 is 1.79 bits per heavy atom. The van der Waals surface area contributed by atoms with Gasteiger partial charge < -0.3 is 10.3 Å². The number of fused-ring (bicyclic) bond motifs is 1. The van der Waals surface area contributed by atoms with Crippen LogP contribution in [0.2, 0.25) is 5.02 Å². The van der Waals surface area contributed by atoms with Gasteiger partial charge in [0, 0.05) is 27.7 Å². The number of carbonyl (C=O) groups excluding carboxylic acids is 1. The third kappa shape index (κ3) is 3.34. The van der Waals surface area contributed by atoms with Gasteiger partial charge in [-0.15, -0.1) is 0 Å². The number of anilines is 1. The summed E-state index contributed by atoms with van der Waals surface area (Å²) >= 11 is 5.83. The van der Waals surface area contributed by atoms with Gasteiger partial charge in [-0.2, -0.15) is 0 Å². The van der Waals surface area contributed by atoms with E-state index in [-0.39, 0.29) is 17.4 Å². The molecule has 5 heteroatoms. The average Bonchev–Trinajstić information content (AvgIpc) is 2.54. The first-order valence-electron chi connectivity index (χ1n) is 7.68. The highest BCUT2D eigenvalue weighted by Gasteiger charge is 2.10. The predicted octanol–water partition coefficient (Wildman–Crippen LogP) is 4.56. The zero-order chi connectivity index (χ0) is 17.3. The molecular formula is C19H17ClN2O2. The zero-order valence-electron chi connectivity index (χ0n) is 13.4. The molecule has 0 saturated heterocycles. The highest BCUT2D eigenvalue weighted by atomic mass is 35.5. The fraction of sp³-hybridized carbons (Fsp3) is 0.158. The van der Waals surface area contributed by atoms with Crippen LogP contribution in [0.1, 0.15) is 35.7 Å². The fourth-order valence-corrected chi connectivity index (χ4v) is 2.77. The van der Waals surface area contributed by atoms with E-state index < -0.39 is 0 Å². The highest BCUT2D eigenvalue weighted by Crippen LogP contribution is 2.25. The summed E-state index contributed by atoms with van der Waals surface area (Å²) in [6, 6.07) is 13.8. The van der Waals surface area contributed by atoms with Crippen LogP contribution in [-0.4, -0.2) is 10.9 Å². The van der Waals surface area contributed by atoms with Crippen molar-refractivity contribution in [1.82, 2.24) is 4.98 Å². The molecule has 24 heavy (non-hydrogen) atoms. The van der Waals surface area contributed by atoms with E-state index in [1.54, 1.807) is 36.4 Å². The lowest BCUT2D eigenvalue weighted by Gasteiger charge is -2.11. The summed E-state index contributed by atoms with van der Waals surface area (Å²) in [7, 11) is 0. The van der Waals surface area contributed by atoms with Crippen molar-refractivity contribution in [2.75, 3.05) is 5.32 Å². The maximum absolute atomic E-state index is 12.3. The number of rotatable bonds is 3. The van der Waals surface area contributed by atoms with Gasteiger partial charge in [0.15, 0.2) is 0 Å². The number of hydrogen-bond donors (Lipinski definition) is 2. The minimum Gasteiger partial charge on any atom is -0.322 e. The van der Waals surface area contributed by atoms with E-state index in [0.29, 0.717) is 21.8 Å². The van der Waals surface area contributed by atoms with Crippen LogP contribution in [-0.2, 0) is 0 Å². The Bertz CT molecular complexity index is 959. The van der Waals surface area contributed by atoms with Gasteiger partial charge in [0.05, 0.1) is 5.52 Å². The standard InChI is InChI=1S/C19H17ClN2O2/c1-11(2)16-10-18(23)22-17-9-14(7-8-15(16)17)21-19(24)12-3-5-13(20)6-4-12/h3-11H,1-2H3,(H,21,24)(H,22,23). The molecule has 0 atom stereocenters. The molecule has 0 aliphatic heterocycles. The molecule has 0 fully saturated rings. The zero-order valence-corrected chi connectivity index (χ0v) is 14.1. The second kappa shape index (κ2) is 6.49. The van der Waals surface area contributed by atoms with Crippen LogP contribution in [0.3, 0.4) is 0 Å². The fourth-order valence-electron chi connectivity index (χ4n) is 2.65. The Morgan fingerprint density at radius 1 is 1.08 bits per heavy atom. The van der Waals surface area contributed by atoms with Crippen LogP contribution in [0.5, 0.6) is 0 Å². The number of hydrogen-bond acceptors (Lipinski definition) is 2. The van der Waals surface area contributed by atoms with Crippen LogP contribution in [0, 0.1) is 0 Å². The second-order valence-corrected chi connectivity index (χ2v) is 6.40. The van der Waals surface area contributed by atoms with Gasteiger partial charge in [-0.3, -0.25) is 9.59 Å². The van der Waals surface area contributed by atoms with E-state index in [0.717, 1.165) is 10.9 Å². The Hall–Kier alpha value is -2.59. The van der Waals surface area contributed by atoms with Crippen LogP contribution < -0.4 is 10.9 Å². The maximum atomic E-state index is 12.3. The molecule has 0 aliphatic rings. The summed E-state index contributed by atoms with van der Waals surface area (Å²) in [4.78, 5) is 26.9. The molecular weight excluding hydrogens is 324 g/mol. The van der Waals surface area contributed by atoms with E-state index in [4.69, 9.17) is 11.6 Å². The number of nitrogens with one attached hydrogen (secondary N) is 2. The van der Waals surface area contributed by atoms with E-state index in [2.05, 4.69) is 10.3 Å². The molecule has 3 rings (SSSR count). The Morgan fingerprint density at radius 3 is 2.46 bits per heavy atom. The summed E-state index contributed by atoms with van der Waals surface area (Å²) in [5.74, 6) is 0.0117. The van der Waals surface area contributed by atoms with Crippen molar-refractivity contribution in [3.8, 4) is 0 Å². The predicted molar refractivity (Wildman–Crippen MR) is 98.1 cm³/mol. The first kappa shape index (κ1) is 16.3. The monoisotopic (exact) mass is 340 g/mol. The van der Waals surface area contributed by atoms with Crippen molar-refractivity contribution in [1.29, 1.82) is 0 Å². The lowest BCUT2D eigenvalue weighted by atomic mass is 9.99. The van der Waals surface area contributed by atoms with Gasteiger partial charge in [0.25, 0.3) is 5.91 Å². The van der Waals surface area contributed by atoms with Crippen molar-refractivity contribution >= 4 is 34.1 Å². The minimum absolute atomic E-state index is 0.146. The Kier molecular flexibility index (Phi) is 4.40. The van der Waals surface area contributed by atoms with E-state index in [1.165, 1.54) is 0 Å². The molecule has 122 valence electrons. The lowest BCUT2D eigenvalue weighted by molar-refractivity contribution is 0.102. The Labute approximate surface area is 144 Å². The highest BCUT2D eigenvalue weighted by molar-refractivity contribution is 6.30. The molecule has 1 amide bonds. The molecule has 0 unspecified atom stereocenters. The SMILES string of the molecule is CC(C)c1cc(=O)[nH]c2cc(NC(=O)c3ccc(Cl)cc3)ccc12. The number of aromatic nitrogens is 1. The normalized spacial score (nSPS) is 11.0. The maximum Gasteiger partial charge on any atom is 0.255 e. The van der Waals surface area contributed by atoms with E-state index in [1.807, 2.05) is 26.0 Å². The van der Waals surface area contributed by atoms with Crippen LogP contribution in [0.15, 0.2) is 53.3 Å². The molecule has 1 aromatic heterocycles. The third-order valence-corrected chi connectivity index (χ3v) is 4.11. The van der Waals surface area contributed by atoms with E-state index in [9.17, 15) is 9.59 Å². The van der Waals surface area contributed by atoms with Crippen molar-refractivity contribution in [2.24, 2.45) is 0 Å². The van der Waals surface area contributed by atoms with Gasteiger partial charge in [0.2, 0.25) is 5.56 Å². The summed E-state index contributed by atoms with van der Waals surface area (Å²) in [5, 5.41) is 4.39. The van der Waals surface area contributed by atoms with Crippen LogP contribution in [0.4, 0.5) is 5.69 Å². The first-order valence-corrected chi connectivity index (χ1v) is 8.06. The van der Waals surface area contributed by atoms with Crippen molar-refractivity contribution in [3.63, 3.8) is 0 Å². The number of amides is 1. The molecule has 0 spiro atoms. The molecule has 0 bridgehead atoms. The van der Waals surface area contributed by atoms with Gasteiger partial charge in [-0.25, -0.2) is 0 Å². The number of pyridine rings is 1. The molecule has 1 heterocycles. The van der Waals surface area contributed by atoms with Crippen LogP contribution >= 0.6 is 11.6 Å². The second-order valence-electron chi connectivity index (χ2n) is 5.97. The van der Waals surface area contributed by atoms with Gasteiger partial charge >= 0.3 is 0 Å². The Balaban J connectivity index is 1.95. The quantitative estimate of drug-likeness (QED) is 0.734. The summed E-state index contributed by atoms with van der Waals surface area (Å²) in [6.07, 6.45) is 0. The van der Waals surface area contributed by atoms with Gasteiger partial charge in [-0.1, -0.05) is 31.5 Å². The average molecular weight is 341 g/mol. The molecule has 0 radical (unpaired) electrons. The van der Waals surface area contributed by atoms with Crippen LogP contribution in [0.25, 0.3) is 10.9 Å². The molecule has 3 aromatic rings. The molecule has 2 aromatic carbocycles. The number of benzene rings is 2. The molecule has 0 saturated carbocycles. The third-order valence-electron chi connectivity index (χ3n) is 3.86. The largest absolute Gasteiger partial charge is 0.322 e. The van der Waals surface area contributed by atoms with Gasteiger partial charge in [-0.05, 0) is 47.9 Å². The van der Waals surface area contributed by atoms with Gasteiger partial charge in [0.1, 0.15) is 0 Å².